The summed E-state index contributed by atoms with van der Waals surface area (Å²) in [6, 6.07) is 8.65. The number of carbonyl (C=O) groups excluding carboxylic acids is 1. The van der Waals surface area contributed by atoms with Crippen molar-refractivity contribution in [2.45, 2.75) is 25.5 Å². The van der Waals surface area contributed by atoms with Crippen LogP contribution in [0.4, 0.5) is 5.69 Å². The zero-order valence-corrected chi connectivity index (χ0v) is 11.3. The van der Waals surface area contributed by atoms with Gasteiger partial charge in [-0.05, 0) is 31.5 Å². The lowest BCUT2D eigenvalue weighted by molar-refractivity contribution is -0.115. The highest BCUT2D eigenvalue weighted by Crippen LogP contribution is 2.11. The summed E-state index contributed by atoms with van der Waals surface area (Å²) < 4.78 is 11.7. The minimum Gasteiger partial charge on any atom is -0.325 e. The third-order valence-electron chi connectivity index (χ3n) is 2.43. The van der Waals surface area contributed by atoms with E-state index in [2.05, 4.69) is 5.32 Å². The number of anilines is 1. The average Bonchev–Trinajstić information content (AvgIpc) is 2.38. The molecule has 0 heterocycles. The van der Waals surface area contributed by atoms with Gasteiger partial charge in [-0.15, -0.1) is 0 Å². The molecule has 0 radical (unpaired) electrons. The monoisotopic (exact) mass is 264 g/mol. The van der Waals surface area contributed by atoms with Gasteiger partial charge in [-0.3, -0.25) is 9.00 Å². The zero-order valence-electron chi connectivity index (χ0n) is 10.5. The minimum absolute atomic E-state index is 0.281. The normalized spacial score (nSPS) is 13.4. The van der Waals surface area contributed by atoms with Crippen molar-refractivity contribution in [1.82, 2.24) is 0 Å². The number of hydrogen-bond donors (Lipinski definition) is 1. The van der Waals surface area contributed by atoms with Gasteiger partial charge in [0.1, 0.15) is 5.25 Å². The van der Waals surface area contributed by atoms with Gasteiger partial charge in [0.2, 0.25) is 5.91 Å². The van der Waals surface area contributed by atoms with Gasteiger partial charge in [-0.25, -0.2) is 0 Å². The zero-order chi connectivity index (χ0) is 13.5. The molecule has 96 valence electrons. The molecule has 0 aliphatic heterocycles. The van der Waals surface area contributed by atoms with Gasteiger partial charge in [0.25, 0.3) is 0 Å². The molecule has 2 unspecified atom stereocenters. The molecule has 0 fully saturated rings. The smallest absolute Gasteiger partial charge is 0.239 e. The first-order chi connectivity index (χ1) is 8.58. The van der Waals surface area contributed by atoms with Crippen LogP contribution in [-0.4, -0.2) is 21.1 Å². The van der Waals surface area contributed by atoms with Crippen LogP contribution in [-0.2, 0) is 15.6 Å². The van der Waals surface area contributed by atoms with Gasteiger partial charge in [0.15, 0.2) is 0 Å². The van der Waals surface area contributed by atoms with Crippen LogP contribution in [0.25, 0.3) is 0 Å². The second-order valence-electron chi connectivity index (χ2n) is 3.91. The fraction of sp³-hybridized carbons (Fsp3) is 0.385. The Labute approximate surface area is 109 Å². The second-order valence-corrected chi connectivity index (χ2v) is 5.79. The lowest BCUT2D eigenvalue weighted by Gasteiger charge is -2.11. The van der Waals surface area contributed by atoms with Gasteiger partial charge in [0.05, 0.1) is 11.6 Å². The molecule has 1 aromatic carbocycles. The van der Waals surface area contributed by atoms with E-state index >= 15 is 0 Å². The van der Waals surface area contributed by atoms with E-state index in [4.69, 9.17) is 5.26 Å². The third-order valence-corrected chi connectivity index (χ3v) is 4.24. The van der Waals surface area contributed by atoms with Crippen molar-refractivity contribution < 1.29 is 9.00 Å². The van der Waals surface area contributed by atoms with Gasteiger partial charge >= 0.3 is 0 Å². The molecule has 2 atom stereocenters. The van der Waals surface area contributed by atoms with Crippen LogP contribution in [0.3, 0.4) is 0 Å². The van der Waals surface area contributed by atoms with Crippen molar-refractivity contribution in [2.24, 2.45) is 0 Å². The predicted molar refractivity (Wildman–Crippen MR) is 72.5 cm³/mol. The Morgan fingerprint density at radius 3 is 2.89 bits per heavy atom. The summed E-state index contributed by atoms with van der Waals surface area (Å²) in [5.74, 6) is 0.240. The number of nitrogens with one attached hydrogen (secondary N) is 1. The Hall–Kier alpha value is -1.67. The number of benzene rings is 1. The molecule has 5 heteroatoms. The van der Waals surface area contributed by atoms with Gasteiger partial charge in [0, 0.05) is 22.2 Å². The van der Waals surface area contributed by atoms with Crippen LogP contribution in [0.15, 0.2) is 24.3 Å². The van der Waals surface area contributed by atoms with Crippen molar-refractivity contribution in [3.63, 3.8) is 0 Å². The number of rotatable bonds is 5. The lowest BCUT2D eigenvalue weighted by atomic mass is 10.2. The fourth-order valence-electron chi connectivity index (χ4n) is 1.41. The van der Waals surface area contributed by atoms with E-state index in [-0.39, 0.29) is 5.91 Å². The molecule has 1 rings (SSSR count). The van der Waals surface area contributed by atoms with Crippen molar-refractivity contribution in [2.75, 3.05) is 11.1 Å². The third kappa shape index (κ3) is 3.97. The van der Waals surface area contributed by atoms with Crippen LogP contribution in [0.2, 0.25) is 0 Å². The molecule has 0 aromatic heterocycles. The van der Waals surface area contributed by atoms with Crippen molar-refractivity contribution >= 4 is 22.4 Å². The minimum atomic E-state index is -1.15. The largest absolute Gasteiger partial charge is 0.325 e. The second kappa shape index (κ2) is 6.92. The summed E-state index contributed by atoms with van der Waals surface area (Å²) in [4.78, 5) is 11.8. The molecule has 4 nitrogen and oxygen atoms in total. The van der Waals surface area contributed by atoms with E-state index < -0.39 is 16.0 Å². The average molecular weight is 264 g/mol. The molecule has 0 aliphatic rings. The number of nitrogens with zero attached hydrogens (tertiary/aromatic N) is 1. The van der Waals surface area contributed by atoms with Crippen LogP contribution in [0.1, 0.15) is 25.8 Å². The first-order valence-electron chi connectivity index (χ1n) is 5.76. The maximum atomic E-state index is 11.8. The molecular formula is C13H16N2O2S. The maximum Gasteiger partial charge on any atom is 0.239 e. The van der Waals surface area contributed by atoms with E-state index in [0.717, 1.165) is 6.42 Å². The van der Waals surface area contributed by atoms with Crippen LogP contribution in [0.5, 0.6) is 0 Å². The molecule has 1 amide bonds. The molecule has 1 N–H and O–H groups in total. The van der Waals surface area contributed by atoms with Crippen molar-refractivity contribution in [3.8, 4) is 6.07 Å². The molecule has 0 aliphatic carbocycles. The standard InChI is InChI=1S/C13H16N2O2S/c1-3-7-18(17)10(2)13(16)15-12-6-4-5-11(8-12)9-14/h4-6,8,10H,3,7H2,1-2H3,(H,15,16). The van der Waals surface area contributed by atoms with E-state index in [9.17, 15) is 9.00 Å². The summed E-state index contributed by atoms with van der Waals surface area (Å²) >= 11 is 0. The lowest BCUT2D eigenvalue weighted by Crippen LogP contribution is -2.30. The number of amides is 1. The first kappa shape index (κ1) is 14.4. The van der Waals surface area contributed by atoms with Gasteiger partial charge in [-0.1, -0.05) is 13.0 Å². The van der Waals surface area contributed by atoms with Crippen LogP contribution < -0.4 is 5.32 Å². The SMILES string of the molecule is CCCS(=O)C(C)C(=O)Nc1cccc(C#N)c1. The molecule has 0 saturated carbocycles. The quantitative estimate of drug-likeness (QED) is 0.884. The summed E-state index contributed by atoms with van der Waals surface area (Å²) in [5, 5.41) is 10.9. The summed E-state index contributed by atoms with van der Waals surface area (Å²) in [7, 11) is -1.15. The highest BCUT2D eigenvalue weighted by atomic mass is 32.2. The molecule has 0 spiro atoms. The van der Waals surface area contributed by atoms with E-state index in [1.165, 1.54) is 0 Å². The Morgan fingerprint density at radius 1 is 1.56 bits per heavy atom. The molecule has 0 saturated heterocycles. The number of carbonyl (C=O) groups is 1. The summed E-state index contributed by atoms with van der Waals surface area (Å²) in [6.45, 7) is 3.58. The highest BCUT2D eigenvalue weighted by Gasteiger charge is 2.19. The summed E-state index contributed by atoms with van der Waals surface area (Å²) in [5.41, 5.74) is 1.04. The van der Waals surface area contributed by atoms with Crippen molar-refractivity contribution in [3.05, 3.63) is 29.8 Å². The van der Waals surface area contributed by atoms with Crippen LogP contribution >= 0.6 is 0 Å². The predicted octanol–water partition coefficient (Wildman–Crippen LogP) is 2.04. The maximum absolute atomic E-state index is 11.8. The molecule has 18 heavy (non-hydrogen) atoms. The molecule has 1 aromatic rings. The van der Waals surface area contributed by atoms with Gasteiger partial charge < -0.3 is 5.32 Å². The van der Waals surface area contributed by atoms with E-state index in [0.29, 0.717) is 17.0 Å². The number of nitriles is 1. The van der Waals surface area contributed by atoms with E-state index in [1.807, 2.05) is 13.0 Å². The number of hydrogen-bond acceptors (Lipinski definition) is 3. The topological polar surface area (TPSA) is 70.0 Å². The molecule has 0 bridgehead atoms. The Morgan fingerprint density at radius 2 is 2.28 bits per heavy atom. The Bertz CT molecular complexity index is 494. The van der Waals surface area contributed by atoms with Crippen LogP contribution in [0, 0.1) is 11.3 Å². The van der Waals surface area contributed by atoms with Crippen molar-refractivity contribution in [1.29, 1.82) is 5.26 Å². The highest BCUT2D eigenvalue weighted by molar-refractivity contribution is 7.86. The fourth-order valence-corrected chi connectivity index (χ4v) is 2.46. The van der Waals surface area contributed by atoms with E-state index in [1.54, 1.807) is 31.2 Å². The first-order valence-corrected chi connectivity index (χ1v) is 7.15. The molecular weight excluding hydrogens is 248 g/mol. The Balaban J connectivity index is 2.69. The van der Waals surface area contributed by atoms with Gasteiger partial charge in [-0.2, -0.15) is 5.26 Å². The Kier molecular flexibility index (Phi) is 5.53. The summed E-state index contributed by atoms with van der Waals surface area (Å²) in [6.07, 6.45) is 0.786.